The third-order valence-corrected chi connectivity index (χ3v) is 7.51. The monoisotopic (exact) mass is 352 g/mol. The molecule has 1 fully saturated rings. The molecule has 136 valence electrons. The fraction of sp³-hybridized carbons (Fsp3) is 0.500. The van der Waals surface area contributed by atoms with E-state index in [-0.39, 0.29) is 29.3 Å². The van der Waals surface area contributed by atoms with Gasteiger partial charge in [0.1, 0.15) is 5.60 Å². The molecular formula is C22H24O4. The van der Waals surface area contributed by atoms with Gasteiger partial charge in [-0.15, -0.1) is 0 Å². The zero-order chi connectivity index (χ0) is 18.9. The van der Waals surface area contributed by atoms with E-state index in [1.165, 1.54) is 11.1 Å². The van der Waals surface area contributed by atoms with E-state index in [2.05, 4.69) is 19.1 Å². The smallest absolute Gasteiger partial charge is 0.227 e. The first kappa shape index (κ1) is 17.3. The average Bonchev–Trinajstić information content (AvgIpc) is 2.83. The second-order valence-electron chi connectivity index (χ2n) is 8.65. The molecule has 0 heterocycles. The first-order valence-corrected chi connectivity index (χ1v) is 9.26. The number of Topliss-reactive ketones (excluding diaryl/α,β-unsaturated/α-hetero) is 1. The number of hydrogen-bond acceptors (Lipinski definition) is 4. The van der Waals surface area contributed by atoms with Crippen molar-refractivity contribution in [1.29, 1.82) is 0 Å². The number of fused-ring (bicyclic) bond motifs is 5. The van der Waals surface area contributed by atoms with E-state index in [1.807, 2.05) is 19.9 Å². The molecule has 0 aliphatic heterocycles. The minimum Gasteiger partial charge on any atom is -0.381 e. The molecule has 4 rings (SSSR count). The lowest BCUT2D eigenvalue weighted by atomic mass is 9.55. The molecule has 0 aromatic rings. The summed E-state index contributed by atoms with van der Waals surface area (Å²) >= 11 is 0. The lowest BCUT2D eigenvalue weighted by molar-refractivity contribution is -0.158. The van der Waals surface area contributed by atoms with E-state index in [1.54, 1.807) is 12.2 Å². The summed E-state index contributed by atoms with van der Waals surface area (Å²) in [5.74, 6) is -0.942. The lowest BCUT2D eigenvalue weighted by Gasteiger charge is -2.50. The highest BCUT2D eigenvalue weighted by atomic mass is 16.3. The van der Waals surface area contributed by atoms with Crippen molar-refractivity contribution in [2.75, 3.05) is 0 Å². The summed E-state index contributed by atoms with van der Waals surface area (Å²) in [5.41, 5.74) is 0.810. The number of hydrogen-bond donors (Lipinski definition) is 1. The number of carbonyl (C=O) groups excluding carboxylic acids is 3. The van der Waals surface area contributed by atoms with E-state index < -0.39 is 16.8 Å². The zero-order valence-electron chi connectivity index (χ0n) is 15.4. The Balaban J connectivity index is 1.85. The molecule has 0 aromatic heterocycles. The molecule has 5 atom stereocenters. The Hall–Kier alpha value is -2.07. The Morgan fingerprint density at radius 1 is 1.31 bits per heavy atom. The van der Waals surface area contributed by atoms with Crippen LogP contribution in [-0.2, 0) is 14.4 Å². The number of ketones is 2. The van der Waals surface area contributed by atoms with Gasteiger partial charge in [0.2, 0.25) is 5.78 Å². The summed E-state index contributed by atoms with van der Waals surface area (Å²) in [4.78, 5) is 35.4. The SMILES string of the molecule is C[C@@H]1C[C@H]2C3=CCC4=CC(=O)C=C[C@]4(C)C3=CC[C@]2(C)[C@@]1(O)C(=O)C=O. The van der Waals surface area contributed by atoms with E-state index in [4.69, 9.17) is 0 Å². The van der Waals surface area contributed by atoms with Crippen LogP contribution in [0.1, 0.15) is 40.0 Å². The van der Waals surface area contributed by atoms with Gasteiger partial charge in [0.25, 0.3) is 0 Å². The molecule has 0 unspecified atom stereocenters. The summed E-state index contributed by atoms with van der Waals surface area (Å²) in [6.45, 7) is 5.93. The number of carbonyl (C=O) groups is 3. The van der Waals surface area contributed by atoms with Crippen LogP contribution in [0.2, 0.25) is 0 Å². The van der Waals surface area contributed by atoms with Crippen molar-refractivity contribution in [2.24, 2.45) is 22.7 Å². The maximum Gasteiger partial charge on any atom is 0.227 e. The quantitative estimate of drug-likeness (QED) is 0.613. The standard InChI is InChI=1S/C22H24O4/c1-13-10-18-16-5-4-14-11-15(24)6-8-20(14,2)17(16)7-9-21(18,3)22(13,26)19(25)12-23/h5-8,11-13,18,26H,4,9-10H2,1-3H3/t13-,18+,20+,21+,22+/m1/s1. The van der Waals surface area contributed by atoms with Gasteiger partial charge in [-0.3, -0.25) is 14.4 Å². The molecule has 0 radical (unpaired) electrons. The van der Waals surface area contributed by atoms with Crippen LogP contribution in [0, 0.1) is 22.7 Å². The largest absolute Gasteiger partial charge is 0.381 e. The summed E-state index contributed by atoms with van der Waals surface area (Å²) in [7, 11) is 0. The number of aldehydes is 1. The maximum atomic E-state index is 12.4. The van der Waals surface area contributed by atoms with Gasteiger partial charge < -0.3 is 5.11 Å². The molecule has 4 aliphatic rings. The molecule has 0 bridgehead atoms. The van der Waals surface area contributed by atoms with Gasteiger partial charge in [0.05, 0.1) is 0 Å². The highest BCUT2D eigenvalue weighted by Gasteiger charge is 2.66. The van der Waals surface area contributed by atoms with Crippen molar-refractivity contribution in [3.05, 3.63) is 47.1 Å². The fourth-order valence-corrected chi connectivity index (χ4v) is 5.86. The summed E-state index contributed by atoms with van der Waals surface area (Å²) < 4.78 is 0. The highest BCUT2D eigenvalue weighted by Crippen LogP contribution is 2.64. The fourth-order valence-electron chi connectivity index (χ4n) is 5.86. The molecule has 0 amide bonds. The molecule has 1 saturated carbocycles. The van der Waals surface area contributed by atoms with Crippen LogP contribution in [0.25, 0.3) is 0 Å². The van der Waals surface area contributed by atoms with Gasteiger partial charge in [-0.25, -0.2) is 0 Å². The Bertz CT molecular complexity index is 857. The molecule has 4 heteroatoms. The number of allylic oxidation sites excluding steroid dienone is 8. The second-order valence-corrected chi connectivity index (χ2v) is 8.65. The molecule has 4 nitrogen and oxygen atoms in total. The topological polar surface area (TPSA) is 71.4 Å². The Labute approximate surface area is 153 Å². The molecule has 4 aliphatic carbocycles. The second kappa shape index (κ2) is 5.23. The zero-order valence-corrected chi connectivity index (χ0v) is 15.4. The molecule has 0 saturated heterocycles. The van der Waals surface area contributed by atoms with E-state index in [9.17, 15) is 19.5 Å². The van der Waals surface area contributed by atoms with Crippen LogP contribution >= 0.6 is 0 Å². The van der Waals surface area contributed by atoms with Crippen molar-refractivity contribution in [3.8, 4) is 0 Å². The van der Waals surface area contributed by atoms with Crippen molar-refractivity contribution in [1.82, 2.24) is 0 Å². The molecule has 0 aromatic carbocycles. The number of rotatable bonds is 2. The molecular weight excluding hydrogens is 328 g/mol. The molecule has 0 spiro atoms. The average molecular weight is 352 g/mol. The summed E-state index contributed by atoms with van der Waals surface area (Å²) in [6, 6.07) is 0. The Kier molecular flexibility index (Phi) is 3.49. The lowest BCUT2D eigenvalue weighted by Crippen LogP contribution is -2.56. The van der Waals surface area contributed by atoms with Crippen molar-refractivity contribution in [2.45, 2.75) is 45.6 Å². The van der Waals surface area contributed by atoms with E-state index >= 15 is 0 Å². The normalized spacial score (nSPS) is 43.5. The van der Waals surface area contributed by atoms with E-state index in [0.717, 1.165) is 5.57 Å². The third kappa shape index (κ3) is 1.86. The van der Waals surface area contributed by atoms with E-state index in [0.29, 0.717) is 19.3 Å². The van der Waals surface area contributed by atoms with Crippen LogP contribution in [0.3, 0.4) is 0 Å². The minimum absolute atomic E-state index is 0.0239. The summed E-state index contributed by atoms with van der Waals surface area (Å²) in [5, 5.41) is 11.3. The molecule has 26 heavy (non-hydrogen) atoms. The van der Waals surface area contributed by atoms with Crippen LogP contribution < -0.4 is 0 Å². The van der Waals surface area contributed by atoms with Crippen LogP contribution in [0.15, 0.2) is 47.1 Å². The van der Waals surface area contributed by atoms with Gasteiger partial charge in [0.15, 0.2) is 12.1 Å². The van der Waals surface area contributed by atoms with Crippen LogP contribution in [0.4, 0.5) is 0 Å². The van der Waals surface area contributed by atoms with Gasteiger partial charge in [-0.1, -0.05) is 32.1 Å². The highest BCUT2D eigenvalue weighted by molar-refractivity contribution is 6.29. The predicted molar refractivity (Wildman–Crippen MR) is 97.1 cm³/mol. The van der Waals surface area contributed by atoms with Crippen molar-refractivity contribution >= 4 is 17.9 Å². The van der Waals surface area contributed by atoms with Crippen molar-refractivity contribution < 1.29 is 19.5 Å². The maximum absolute atomic E-state index is 12.4. The Morgan fingerprint density at radius 3 is 2.73 bits per heavy atom. The number of aliphatic hydroxyl groups is 1. The van der Waals surface area contributed by atoms with Gasteiger partial charge in [-0.2, -0.15) is 0 Å². The third-order valence-electron chi connectivity index (χ3n) is 7.51. The van der Waals surface area contributed by atoms with Gasteiger partial charge in [0, 0.05) is 10.8 Å². The van der Waals surface area contributed by atoms with Crippen molar-refractivity contribution in [3.63, 3.8) is 0 Å². The summed E-state index contributed by atoms with van der Waals surface area (Å²) in [6.07, 6.45) is 11.8. The minimum atomic E-state index is -1.63. The predicted octanol–water partition coefficient (Wildman–Crippen LogP) is 2.88. The van der Waals surface area contributed by atoms with Crippen LogP contribution in [-0.4, -0.2) is 28.6 Å². The van der Waals surface area contributed by atoms with Crippen LogP contribution in [0.5, 0.6) is 0 Å². The first-order valence-electron chi connectivity index (χ1n) is 9.26. The van der Waals surface area contributed by atoms with Gasteiger partial charge >= 0.3 is 0 Å². The Morgan fingerprint density at radius 2 is 2.04 bits per heavy atom. The van der Waals surface area contributed by atoms with Gasteiger partial charge in [-0.05, 0) is 66.9 Å². The molecule has 1 N–H and O–H groups in total. The first-order chi connectivity index (χ1) is 12.2.